The monoisotopic (exact) mass is 310 g/mol. The molecule has 0 fully saturated rings. The Morgan fingerprint density at radius 1 is 1.17 bits per heavy atom. The van der Waals surface area contributed by atoms with Crippen molar-refractivity contribution in [1.29, 1.82) is 0 Å². The third kappa shape index (κ3) is 3.90. The van der Waals surface area contributed by atoms with E-state index in [0.29, 0.717) is 13.0 Å². The number of ether oxygens (including phenoxy) is 1. The van der Waals surface area contributed by atoms with Crippen molar-refractivity contribution in [3.05, 3.63) is 65.7 Å². The number of likely N-dealkylation sites (N-methyl/N-ethyl adjacent to an activating group) is 1. The molecule has 4 nitrogen and oxygen atoms in total. The Bertz CT molecular complexity index is 632. The third-order valence-electron chi connectivity index (χ3n) is 4.15. The Kier molecular flexibility index (Phi) is 4.93. The molecule has 0 saturated carbocycles. The fraction of sp³-hybridized carbons (Fsp3) is 0.316. The van der Waals surface area contributed by atoms with Gasteiger partial charge in [-0.3, -0.25) is 4.79 Å². The Labute approximate surface area is 136 Å². The standard InChI is InChI=1S/C19H22N2O2/c1-20-19(22)17(11-14-7-3-2-4-8-14)21-13-16-12-15-9-5-6-10-18(15)23-16/h2-10,16-17,21H,11-13H2,1H3,(H,20,22)/t16-,17+/m1/s1. The van der Waals surface area contributed by atoms with Crippen LogP contribution in [0, 0.1) is 0 Å². The van der Waals surface area contributed by atoms with Gasteiger partial charge in [0.1, 0.15) is 11.9 Å². The largest absolute Gasteiger partial charge is 0.488 e. The van der Waals surface area contributed by atoms with E-state index in [1.54, 1.807) is 7.05 Å². The highest BCUT2D eigenvalue weighted by Gasteiger charge is 2.25. The molecule has 4 heteroatoms. The van der Waals surface area contributed by atoms with E-state index < -0.39 is 0 Å². The van der Waals surface area contributed by atoms with Crippen LogP contribution in [-0.4, -0.2) is 31.6 Å². The maximum atomic E-state index is 12.1. The van der Waals surface area contributed by atoms with Crippen molar-refractivity contribution in [3.63, 3.8) is 0 Å². The van der Waals surface area contributed by atoms with E-state index in [1.165, 1.54) is 5.56 Å². The SMILES string of the molecule is CNC(=O)[C@H](Cc1ccccc1)NC[C@H]1Cc2ccccc2O1. The van der Waals surface area contributed by atoms with Gasteiger partial charge in [0.05, 0.1) is 6.04 Å². The van der Waals surface area contributed by atoms with Gasteiger partial charge in [-0.05, 0) is 23.6 Å². The van der Waals surface area contributed by atoms with Crippen LogP contribution in [0.5, 0.6) is 5.75 Å². The van der Waals surface area contributed by atoms with Gasteiger partial charge in [0.2, 0.25) is 5.91 Å². The van der Waals surface area contributed by atoms with Crippen LogP contribution in [0.4, 0.5) is 0 Å². The van der Waals surface area contributed by atoms with Crippen LogP contribution in [0.1, 0.15) is 11.1 Å². The summed E-state index contributed by atoms with van der Waals surface area (Å²) in [4.78, 5) is 12.1. The summed E-state index contributed by atoms with van der Waals surface area (Å²) in [6.07, 6.45) is 1.63. The van der Waals surface area contributed by atoms with Crippen LogP contribution in [0.15, 0.2) is 54.6 Å². The van der Waals surface area contributed by atoms with Crippen LogP contribution in [0.2, 0.25) is 0 Å². The molecule has 23 heavy (non-hydrogen) atoms. The van der Waals surface area contributed by atoms with Gasteiger partial charge in [-0.2, -0.15) is 0 Å². The molecule has 2 N–H and O–H groups in total. The molecule has 2 aromatic rings. The maximum absolute atomic E-state index is 12.1. The number of benzene rings is 2. The highest BCUT2D eigenvalue weighted by molar-refractivity contribution is 5.81. The molecule has 1 aliphatic rings. The van der Waals surface area contributed by atoms with Crippen LogP contribution >= 0.6 is 0 Å². The van der Waals surface area contributed by atoms with Gasteiger partial charge in [0.15, 0.2) is 0 Å². The van der Waals surface area contributed by atoms with Gasteiger partial charge in [-0.25, -0.2) is 0 Å². The molecule has 0 aliphatic carbocycles. The predicted molar refractivity (Wildman–Crippen MR) is 90.6 cm³/mol. The summed E-state index contributed by atoms with van der Waals surface area (Å²) in [5, 5.41) is 6.09. The lowest BCUT2D eigenvalue weighted by molar-refractivity contribution is -0.122. The smallest absolute Gasteiger partial charge is 0.237 e. The van der Waals surface area contributed by atoms with Gasteiger partial charge in [-0.15, -0.1) is 0 Å². The van der Waals surface area contributed by atoms with Crippen molar-refractivity contribution in [2.75, 3.05) is 13.6 Å². The van der Waals surface area contributed by atoms with Crippen LogP contribution in [-0.2, 0) is 17.6 Å². The summed E-state index contributed by atoms with van der Waals surface area (Å²) < 4.78 is 5.93. The van der Waals surface area contributed by atoms with Gasteiger partial charge in [0.25, 0.3) is 0 Å². The average Bonchev–Trinajstić information content (AvgIpc) is 3.01. The lowest BCUT2D eigenvalue weighted by Gasteiger charge is -2.20. The second-order valence-corrected chi connectivity index (χ2v) is 5.82. The van der Waals surface area contributed by atoms with Gasteiger partial charge in [-0.1, -0.05) is 48.5 Å². The van der Waals surface area contributed by atoms with E-state index in [-0.39, 0.29) is 18.1 Å². The Morgan fingerprint density at radius 2 is 1.91 bits per heavy atom. The first-order valence-corrected chi connectivity index (χ1v) is 7.99. The van der Waals surface area contributed by atoms with E-state index in [0.717, 1.165) is 17.7 Å². The zero-order valence-corrected chi connectivity index (χ0v) is 13.3. The summed E-state index contributed by atoms with van der Waals surface area (Å²) in [6.45, 7) is 0.652. The molecule has 0 bridgehead atoms. The number of carbonyl (C=O) groups is 1. The van der Waals surface area contributed by atoms with E-state index >= 15 is 0 Å². The highest BCUT2D eigenvalue weighted by atomic mass is 16.5. The second kappa shape index (κ2) is 7.29. The maximum Gasteiger partial charge on any atom is 0.237 e. The third-order valence-corrected chi connectivity index (χ3v) is 4.15. The predicted octanol–water partition coefficient (Wildman–Crippen LogP) is 1.94. The van der Waals surface area contributed by atoms with E-state index in [2.05, 4.69) is 16.7 Å². The Morgan fingerprint density at radius 3 is 2.65 bits per heavy atom. The summed E-state index contributed by atoms with van der Waals surface area (Å²) in [5.41, 5.74) is 2.38. The number of amides is 1. The number of nitrogens with one attached hydrogen (secondary N) is 2. The quantitative estimate of drug-likeness (QED) is 0.857. The number of rotatable bonds is 6. The average molecular weight is 310 g/mol. The molecule has 1 amide bonds. The molecule has 0 radical (unpaired) electrons. The molecular weight excluding hydrogens is 288 g/mol. The molecule has 1 heterocycles. The minimum atomic E-state index is -0.255. The molecule has 3 rings (SSSR count). The first-order valence-electron chi connectivity index (χ1n) is 7.99. The van der Waals surface area contributed by atoms with Crippen molar-refractivity contribution in [3.8, 4) is 5.75 Å². The number of hydrogen-bond donors (Lipinski definition) is 2. The van der Waals surface area contributed by atoms with Crippen LogP contribution in [0.3, 0.4) is 0 Å². The topological polar surface area (TPSA) is 50.4 Å². The number of fused-ring (bicyclic) bond motifs is 1. The first-order chi connectivity index (χ1) is 11.3. The fourth-order valence-corrected chi connectivity index (χ4v) is 2.92. The summed E-state index contributed by atoms with van der Waals surface area (Å²) in [5.74, 6) is 0.961. The summed E-state index contributed by atoms with van der Waals surface area (Å²) in [6, 6.07) is 17.9. The first kappa shape index (κ1) is 15.6. The van der Waals surface area contributed by atoms with Crippen LogP contribution < -0.4 is 15.4 Å². The molecular formula is C19H22N2O2. The van der Waals surface area contributed by atoms with Crippen molar-refractivity contribution in [1.82, 2.24) is 10.6 Å². The van der Waals surface area contributed by atoms with Crippen molar-refractivity contribution in [2.24, 2.45) is 0 Å². The minimum Gasteiger partial charge on any atom is -0.488 e. The van der Waals surface area contributed by atoms with E-state index in [1.807, 2.05) is 48.5 Å². The molecule has 0 unspecified atom stereocenters. The van der Waals surface area contributed by atoms with Crippen molar-refractivity contribution in [2.45, 2.75) is 25.0 Å². The van der Waals surface area contributed by atoms with Crippen molar-refractivity contribution < 1.29 is 9.53 Å². The van der Waals surface area contributed by atoms with Crippen LogP contribution in [0.25, 0.3) is 0 Å². The fourth-order valence-electron chi connectivity index (χ4n) is 2.92. The normalized spacial score (nSPS) is 17.2. The highest BCUT2D eigenvalue weighted by Crippen LogP contribution is 2.27. The van der Waals surface area contributed by atoms with Crippen molar-refractivity contribution >= 4 is 5.91 Å². The number of hydrogen-bond acceptors (Lipinski definition) is 3. The molecule has 2 atom stereocenters. The second-order valence-electron chi connectivity index (χ2n) is 5.82. The molecule has 1 aliphatic heterocycles. The number of para-hydroxylation sites is 1. The number of carbonyl (C=O) groups excluding carboxylic acids is 1. The lowest BCUT2D eigenvalue weighted by atomic mass is 10.0. The van der Waals surface area contributed by atoms with Gasteiger partial charge < -0.3 is 15.4 Å². The summed E-state index contributed by atoms with van der Waals surface area (Å²) >= 11 is 0. The zero-order chi connectivity index (χ0) is 16.1. The molecule has 2 aromatic carbocycles. The van der Waals surface area contributed by atoms with E-state index in [4.69, 9.17) is 4.74 Å². The Hall–Kier alpha value is -2.33. The van der Waals surface area contributed by atoms with E-state index in [9.17, 15) is 4.79 Å². The molecule has 0 aromatic heterocycles. The summed E-state index contributed by atoms with van der Waals surface area (Å²) in [7, 11) is 1.67. The molecule has 0 spiro atoms. The lowest BCUT2D eigenvalue weighted by Crippen LogP contribution is -2.47. The van der Waals surface area contributed by atoms with Gasteiger partial charge in [0, 0.05) is 20.0 Å². The zero-order valence-electron chi connectivity index (χ0n) is 13.3. The molecule has 120 valence electrons. The minimum absolute atomic E-state index is 0.00404. The van der Waals surface area contributed by atoms with Gasteiger partial charge >= 0.3 is 0 Å². The Balaban J connectivity index is 1.58. The molecule has 0 saturated heterocycles.